The molecule has 216 valence electrons. The van der Waals surface area contributed by atoms with E-state index in [1.54, 1.807) is 45.9 Å². The van der Waals surface area contributed by atoms with E-state index in [1.807, 2.05) is 20.8 Å². The number of Topliss-reactive ketones (excluding diaryl/α,β-unsaturated/α-hetero) is 3. The fourth-order valence-corrected chi connectivity index (χ4v) is 4.94. The van der Waals surface area contributed by atoms with Crippen LogP contribution in [0.15, 0.2) is 40.4 Å². The van der Waals surface area contributed by atoms with Crippen molar-refractivity contribution in [2.24, 2.45) is 11.3 Å². The second-order valence-electron chi connectivity index (χ2n) is 11.9. The number of ether oxygens (including phenoxy) is 1. The van der Waals surface area contributed by atoms with Gasteiger partial charge in [0.2, 0.25) is 0 Å². The SMILES string of the molecule is CCCC(=O)c1c(O)c(CC2=C(O)C(C)(CC=C(C)C)C(=O)C(C(=O)C(C)C)=C2O)c(O)c2c1OC(C)(C)C=C2. The Hall–Kier alpha value is -3.81. The molecular formula is C32H40O8. The van der Waals surface area contributed by atoms with Crippen molar-refractivity contribution in [1.29, 1.82) is 0 Å². The Morgan fingerprint density at radius 2 is 1.68 bits per heavy atom. The lowest BCUT2D eigenvalue weighted by molar-refractivity contribution is -0.128. The molecule has 2 aliphatic rings. The number of hydrogen-bond donors (Lipinski definition) is 4. The van der Waals surface area contributed by atoms with Crippen LogP contribution in [-0.2, 0) is 16.0 Å². The molecule has 0 saturated heterocycles. The summed E-state index contributed by atoms with van der Waals surface area (Å²) in [6.45, 7) is 13.7. The lowest BCUT2D eigenvalue weighted by Crippen LogP contribution is -2.39. The van der Waals surface area contributed by atoms with Crippen molar-refractivity contribution in [1.82, 2.24) is 0 Å². The van der Waals surface area contributed by atoms with Gasteiger partial charge >= 0.3 is 0 Å². The number of ketones is 3. The van der Waals surface area contributed by atoms with Crippen molar-refractivity contribution < 1.29 is 39.5 Å². The van der Waals surface area contributed by atoms with Gasteiger partial charge in [-0.15, -0.1) is 0 Å². The van der Waals surface area contributed by atoms with Crippen molar-refractivity contribution in [3.8, 4) is 17.2 Å². The normalized spacial score (nSPS) is 20.0. The molecule has 1 aliphatic heterocycles. The Kier molecular flexibility index (Phi) is 8.44. The van der Waals surface area contributed by atoms with Gasteiger partial charge in [0, 0.05) is 29.9 Å². The Morgan fingerprint density at radius 3 is 2.23 bits per heavy atom. The smallest absolute Gasteiger partial charge is 0.183 e. The van der Waals surface area contributed by atoms with Crippen molar-refractivity contribution in [2.45, 2.75) is 86.7 Å². The molecule has 0 bridgehead atoms. The van der Waals surface area contributed by atoms with E-state index in [0.29, 0.717) is 6.42 Å². The molecule has 8 heteroatoms. The lowest BCUT2D eigenvalue weighted by Gasteiger charge is -2.34. The molecule has 1 unspecified atom stereocenters. The fourth-order valence-electron chi connectivity index (χ4n) is 4.94. The molecule has 1 aromatic carbocycles. The van der Waals surface area contributed by atoms with E-state index < -0.39 is 69.3 Å². The third-order valence-corrected chi connectivity index (χ3v) is 7.41. The second kappa shape index (κ2) is 11.0. The molecule has 0 fully saturated rings. The first-order chi connectivity index (χ1) is 18.5. The van der Waals surface area contributed by atoms with Gasteiger partial charge in [0.05, 0.1) is 11.0 Å². The van der Waals surface area contributed by atoms with Gasteiger partial charge in [-0.05, 0) is 59.6 Å². The van der Waals surface area contributed by atoms with Crippen LogP contribution in [0.25, 0.3) is 6.08 Å². The first kappa shape index (κ1) is 30.7. The summed E-state index contributed by atoms with van der Waals surface area (Å²) in [5, 5.41) is 45.4. The maximum absolute atomic E-state index is 13.6. The molecule has 3 rings (SSSR count). The van der Waals surface area contributed by atoms with Gasteiger partial charge in [-0.2, -0.15) is 0 Å². The summed E-state index contributed by atoms with van der Waals surface area (Å²) in [7, 11) is 0. The Bertz CT molecular complexity index is 1400. The standard InChI is InChI=1S/C32H40O8/c1-9-10-21(33)22-26(36)19(25(35)18-12-13-31(6,7)40-28(18)22)15-20-27(37)23(24(34)17(4)5)30(39)32(8,29(20)38)14-11-16(2)3/h11-13,17,35-38H,9-10,14-15H2,1-8H3. The van der Waals surface area contributed by atoms with Crippen LogP contribution in [0.2, 0.25) is 0 Å². The quantitative estimate of drug-likeness (QED) is 0.152. The van der Waals surface area contributed by atoms with Gasteiger partial charge in [0.1, 0.15) is 45.5 Å². The molecule has 8 nitrogen and oxygen atoms in total. The summed E-state index contributed by atoms with van der Waals surface area (Å²) in [6.07, 6.45) is 5.26. The molecule has 0 saturated carbocycles. The molecule has 1 atom stereocenters. The van der Waals surface area contributed by atoms with Gasteiger partial charge in [-0.25, -0.2) is 0 Å². The zero-order chi connectivity index (χ0) is 30.3. The monoisotopic (exact) mass is 552 g/mol. The molecule has 0 spiro atoms. The highest BCUT2D eigenvalue weighted by atomic mass is 16.5. The van der Waals surface area contributed by atoms with E-state index in [0.717, 1.165) is 5.57 Å². The molecule has 0 amide bonds. The topological polar surface area (TPSA) is 141 Å². The van der Waals surface area contributed by atoms with Crippen molar-refractivity contribution in [3.05, 3.63) is 57.1 Å². The summed E-state index contributed by atoms with van der Waals surface area (Å²) in [4.78, 5) is 39.9. The predicted octanol–water partition coefficient (Wildman–Crippen LogP) is 6.60. The summed E-state index contributed by atoms with van der Waals surface area (Å²) >= 11 is 0. The van der Waals surface area contributed by atoms with E-state index in [1.165, 1.54) is 6.92 Å². The van der Waals surface area contributed by atoms with Crippen LogP contribution < -0.4 is 4.74 Å². The Morgan fingerprint density at radius 1 is 1.05 bits per heavy atom. The van der Waals surface area contributed by atoms with Crippen molar-refractivity contribution >= 4 is 23.4 Å². The van der Waals surface area contributed by atoms with Crippen LogP contribution in [0.3, 0.4) is 0 Å². The molecule has 40 heavy (non-hydrogen) atoms. The van der Waals surface area contributed by atoms with E-state index >= 15 is 0 Å². The molecule has 0 aromatic heterocycles. The zero-order valence-corrected chi connectivity index (χ0v) is 24.6. The van der Waals surface area contributed by atoms with Gasteiger partial charge < -0.3 is 25.2 Å². The molecular weight excluding hydrogens is 512 g/mol. The minimum absolute atomic E-state index is 0.0468. The van der Waals surface area contributed by atoms with Gasteiger partial charge in [-0.1, -0.05) is 32.4 Å². The molecule has 1 heterocycles. The minimum Gasteiger partial charge on any atom is -0.511 e. The molecule has 1 aliphatic carbocycles. The number of aliphatic hydroxyl groups excluding tert-OH is 2. The second-order valence-corrected chi connectivity index (χ2v) is 11.9. The largest absolute Gasteiger partial charge is 0.511 e. The lowest BCUT2D eigenvalue weighted by atomic mass is 9.69. The van der Waals surface area contributed by atoms with Crippen LogP contribution in [0.1, 0.15) is 96.1 Å². The van der Waals surface area contributed by atoms with E-state index in [-0.39, 0.29) is 40.9 Å². The van der Waals surface area contributed by atoms with Gasteiger partial charge in [0.25, 0.3) is 0 Å². The number of benzene rings is 1. The number of aromatic hydroxyl groups is 2. The van der Waals surface area contributed by atoms with Crippen LogP contribution in [0, 0.1) is 11.3 Å². The first-order valence-electron chi connectivity index (χ1n) is 13.6. The van der Waals surface area contributed by atoms with Crippen LogP contribution in [-0.4, -0.2) is 43.4 Å². The van der Waals surface area contributed by atoms with Gasteiger partial charge in [0.15, 0.2) is 17.3 Å². The highest BCUT2D eigenvalue weighted by molar-refractivity contribution is 6.24. The third kappa shape index (κ3) is 5.31. The number of aliphatic hydroxyl groups is 2. The van der Waals surface area contributed by atoms with Crippen molar-refractivity contribution in [3.63, 3.8) is 0 Å². The fraction of sp³-hybridized carbons (Fsp3) is 0.469. The van der Waals surface area contributed by atoms with Crippen LogP contribution in [0.4, 0.5) is 0 Å². The number of phenolic OH excluding ortho intramolecular Hbond substituents is 2. The Balaban J connectivity index is 2.34. The summed E-state index contributed by atoms with van der Waals surface area (Å²) in [5.74, 6) is -4.40. The number of rotatable bonds is 9. The molecule has 4 N–H and O–H groups in total. The van der Waals surface area contributed by atoms with Crippen LogP contribution >= 0.6 is 0 Å². The average molecular weight is 553 g/mol. The van der Waals surface area contributed by atoms with Gasteiger partial charge in [-0.3, -0.25) is 14.4 Å². The highest BCUT2D eigenvalue weighted by Crippen LogP contribution is 2.50. The van der Waals surface area contributed by atoms with E-state index in [4.69, 9.17) is 4.74 Å². The minimum atomic E-state index is -1.58. The number of hydrogen-bond acceptors (Lipinski definition) is 8. The van der Waals surface area contributed by atoms with E-state index in [2.05, 4.69) is 0 Å². The number of phenols is 2. The average Bonchev–Trinajstić information content (AvgIpc) is 2.85. The number of fused-ring (bicyclic) bond motifs is 1. The summed E-state index contributed by atoms with van der Waals surface area (Å²) in [6, 6.07) is 0. The Labute approximate surface area is 235 Å². The summed E-state index contributed by atoms with van der Waals surface area (Å²) in [5.41, 5.74) is -2.20. The maximum Gasteiger partial charge on any atom is 0.183 e. The molecule has 0 radical (unpaired) electrons. The zero-order valence-electron chi connectivity index (χ0n) is 24.6. The third-order valence-electron chi connectivity index (χ3n) is 7.41. The van der Waals surface area contributed by atoms with E-state index in [9.17, 15) is 34.8 Å². The van der Waals surface area contributed by atoms with Crippen molar-refractivity contribution in [2.75, 3.05) is 0 Å². The molecule has 1 aromatic rings. The maximum atomic E-state index is 13.6. The van der Waals surface area contributed by atoms with Crippen LogP contribution in [0.5, 0.6) is 17.2 Å². The number of carbonyl (C=O) groups is 3. The first-order valence-corrected chi connectivity index (χ1v) is 13.6. The number of carbonyl (C=O) groups excluding carboxylic acids is 3. The predicted molar refractivity (Wildman–Crippen MR) is 153 cm³/mol. The summed E-state index contributed by atoms with van der Waals surface area (Å²) < 4.78 is 6.00. The number of allylic oxidation sites excluding steroid dienone is 5. The highest BCUT2D eigenvalue weighted by Gasteiger charge is 2.48.